The average molecular weight is 364 g/mol. The molecular formula is C20H28O6. The Morgan fingerprint density at radius 3 is 2.00 bits per heavy atom. The number of methoxy groups -OCH3 is 2. The average Bonchev–Trinajstić information content (AvgIpc) is 2.66. The van der Waals surface area contributed by atoms with Crippen LogP contribution in [0.3, 0.4) is 0 Å². The molecule has 0 N–H and O–H groups in total. The van der Waals surface area contributed by atoms with Crippen LogP contribution in [-0.4, -0.2) is 57.8 Å². The topological polar surface area (TPSA) is 55.4 Å². The van der Waals surface area contributed by atoms with E-state index in [0.717, 1.165) is 5.56 Å². The normalized spacial score (nSPS) is 31.5. The molecule has 0 amide bonds. The first-order valence-corrected chi connectivity index (χ1v) is 8.57. The molecule has 0 bridgehead atoms. The van der Waals surface area contributed by atoms with Crippen LogP contribution in [0.4, 0.5) is 0 Å². The molecule has 1 aromatic carbocycles. The van der Waals surface area contributed by atoms with E-state index in [2.05, 4.69) is 5.92 Å². The van der Waals surface area contributed by atoms with Gasteiger partial charge in [0, 0.05) is 14.2 Å². The molecule has 1 aromatic rings. The SMILES string of the molecule is C#CCOC[C@@H]1O[C@@](C)(OC)[C@](C)(OC)OC1COCc1ccccc1. The Kier molecular flexibility index (Phi) is 7.59. The van der Waals surface area contributed by atoms with Gasteiger partial charge in [-0.2, -0.15) is 0 Å². The first-order valence-electron chi connectivity index (χ1n) is 8.57. The van der Waals surface area contributed by atoms with Crippen LogP contribution in [0.5, 0.6) is 0 Å². The van der Waals surface area contributed by atoms with E-state index in [1.165, 1.54) is 0 Å². The van der Waals surface area contributed by atoms with Gasteiger partial charge in [-0.3, -0.25) is 0 Å². The quantitative estimate of drug-likeness (QED) is 0.495. The van der Waals surface area contributed by atoms with Crippen molar-refractivity contribution in [2.45, 2.75) is 44.2 Å². The number of terminal acetylenes is 1. The second kappa shape index (κ2) is 9.47. The van der Waals surface area contributed by atoms with E-state index in [4.69, 9.17) is 34.8 Å². The molecule has 1 aliphatic rings. The highest BCUT2D eigenvalue weighted by molar-refractivity contribution is 5.13. The van der Waals surface area contributed by atoms with E-state index in [9.17, 15) is 0 Å². The minimum absolute atomic E-state index is 0.197. The number of ether oxygens (including phenoxy) is 6. The van der Waals surface area contributed by atoms with Gasteiger partial charge in [0.05, 0.1) is 19.8 Å². The van der Waals surface area contributed by atoms with Crippen LogP contribution in [0.15, 0.2) is 30.3 Å². The summed E-state index contributed by atoms with van der Waals surface area (Å²) in [7, 11) is 3.10. The fourth-order valence-electron chi connectivity index (χ4n) is 2.79. The standard InChI is InChI=1S/C20H28O6/c1-6-12-23-14-17-18(15-24-13-16-10-8-7-9-11-16)26-20(3,22-5)19(2,21-4)25-17/h1,7-11,17-18H,12-15H2,2-5H3/t17-,18?,19+,20+/m0/s1. The molecule has 1 unspecified atom stereocenters. The van der Waals surface area contributed by atoms with Crippen LogP contribution in [0.2, 0.25) is 0 Å². The van der Waals surface area contributed by atoms with Crippen molar-refractivity contribution in [3.63, 3.8) is 0 Å². The van der Waals surface area contributed by atoms with Crippen molar-refractivity contribution in [2.24, 2.45) is 0 Å². The maximum atomic E-state index is 6.18. The largest absolute Gasteiger partial charge is 0.374 e. The van der Waals surface area contributed by atoms with Crippen LogP contribution in [0.25, 0.3) is 0 Å². The van der Waals surface area contributed by atoms with Gasteiger partial charge < -0.3 is 28.4 Å². The zero-order chi connectivity index (χ0) is 19.0. The monoisotopic (exact) mass is 364 g/mol. The molecule has 6 nitrogen and oxygen atoms in total. The molecule has 6 heteroatoms. The Morgan fingerprint density at radius 1 is 0.962 bits per heavy atom. The zero-order valence-corrected chi connectivity index (χ0v) is 15.9. The second-order valence-electron chi connectivity index (χ2n) is 6.33. The summed E-state index contributed by atoms with van der Waals surface area (Å²) in [5.74, 6) is 0.256. The molecule has 1 heterocycles. The molecule has 0 saturated carbocycles. The number of hydrogen-bond acceptors (Lipinski definition) is 6. The maximum absolute atomic E-state index is 6.18. The number of hydrogen-bond donors (Lipinski definition) is 0. The smallest absolute Gasteiger partial charge is 0.220 e. The van der Waals surface area contributed by atoms with Crippen molar-refractivity contribution in [1.82, 2.24) is 0 Å². The highest BCUT2D eigenvalue weighted by Crippen LogP contribution is 2.39. The van der Waals surface area contributed by atoms with Crippen molar-refractivity contribution in [3.8, 4) is 12.3 Å². The van der Waals surface area contributed by atoms with E-state index in [-0.39, 0.29) is 13.2 Å². The Hall–Kier alpha value is -1.46. The third-order valence-corrected chi connectivity index (χ3v) is 4.63. The van der Waals surface area contributed by atoms with Gasteiger partial charge in [0.15, 0.2) is 0 Å². The van der Waals surface area contributed by atoms with Gasteiger partial charge in [0.2, 0.25) is 11.6 Å². The molecule has 2 rings (SSSR count). The van der Waals surface area contributed by atoms with Gasteiger partial charge in [-0.05, 0) is 19.4 Å². The predicted octanol–water partition coefficient (Wildman–Crippen LogP) is 2.36. The Bertz CT molecular complexity index is 586. The number of rotatable bonds is 9. The maximum Gasteiger partial charge on any atom is 0.220 e. The predicted molar refractivity (Wildman–Crippen MR) is 96.3 cm³/mol. The van der Waals surface area contributed by atoms with Crippen molar-refractivity contribution in [3.05, 3.63) is 35.9 Å². The zero-order valence-electron chi connectivity index (χ0n) is 15.9. The fourth-order valence-corrected chi connectivity index (χ4v) is 2.79. The molecule has 0 aromatic heterocycles. The molecule has 1 fully saturated rings. The van der Waals surface area contributed by atoms with E-state index in [1.54, 1.807) is 28.1 Å². The molecule has 144 valence electrons. The lowest BCUT2D eigenvalue weighted by Gasteiger charge is -2.51. The highest BCUT2D eigenvalue weighted by Gasteiger charge is 2.56. The van der Waals surface area contributed by atoms with Crippen molar-refractivity contribution in [2.75, 3.05) is 34.0 Å². The Balaban J connectivity index is 2.04. The summed E-state index contributed by atoms with van der Waals surface area (Å²) >= 11 is 0. The van der Waals surface area contributed by atoms with E-state index in [0.29, 0.717) is 13.2 Å². The fraction of sp³-hybridized carbons (Fsp3) is 0.600. The van der Waals surface area contributed by atoms with Gasteiger partial charge in [-0.1, -0.05) is 36.3 Å². The van der Waals surface area contributed by atoms with Gasteiger partial charge in [0.1, 0.15) is 18.8 Å². The summed E-state index contributed by atoms with van der Waals surface area (Å²) in [6, 6.07) is 9.93. The lowest BCUT2D eigenvalue weighted by atomic mass is 10.0. The first kappa shape index (κ1) is 20.8. The molecular weight excluding hydrogens is 336 g/mol. The third-order valence-electron chi connectivity index (χ3n) is 4.63. The molecule has 0 radical (unpaired) electrons. The minimum Gasteiger partial charge on any atom is -0.374 e. The van der Waals surface area contributed by atoms with Crippen LogP contribution in [0, 0.1) is 12.3 Å². The molecule has 1 saturated heterocycles. The van der Waals surface area contributed by atoms with Gasteiger partial charge in [0.25, 0.3) is 0 Å². The Labute approximate surface area is 155 Å². The molecule has 1 aliphatic heterocycles. The minimum atomic E-state index is -1.10. The number of benzene rings is 1. The summed E-state index contributed by atoms with van der Waals surface area (Å²) in [6.45, 7) is 4.80. The molecule has 4 atom stereocenters. The van der Waals surface area contributed by atoms with Crippen LogP contribution in [-0.2, 0) is 35.0 Å². The summed E-state index contributed by atoms with van der Waals surface area (Å²) in [5, 5.41) is 0. The summed E-state index contributed by atoms with van der Waals surface area (Å²) < 4.78 is 34.7. The van der Waals surface area contributed by atoms with Gasteiger partial charge in [-0.25, -0.2) is 0 Å². The van der Waals surface area contributed by atoms with Crippen LogP contribution in [0.1, 0.15) is 19.4 Å². The van der Waals surface area contributed by atoms with Gasteiger partial charge in [-0.15, -0.1) is 6.42 Å². The van der Waals surface area contributed by atoms with Crippen LogP contribution < -0.4 is 0 Å². The summed E-state index contributed by atoms with van der Waals surface area (Å²) in [5.41, 5.74) is 1.08. The van der Waals surface area contributed by atoms with E-state index < -0.39 is 23.8 Å². The lowest BCUT2D eigenvalue weighted by molar-refractivity contribution is -0.452. The van der Waals surface area contributed by atoms with E-state index in [1.807, 2.05) is 30.3 Å². The van der Waals surface area contributed by atoms with Crippen molar-refractivity contribution >= 4 is 0 Å². The summed E-state index contributed by atoms with van der Waals surface area (Å²) in [4.78, 5) is 0. The van der Waals surface area contributed by atoms with Crippen molar-refractivity contribution < 1.29 is 28.4 Å². The molecule has 0 aliphatic carbocycles. The lowest BCUT2D eigenvalue weighted by Crippen LogP contribution is -2.66. The second-order valence-corrected chi connectivity index (χ2v) is 6.33. The third kappa shape index (κ3) is 4.83. The first-order chi connectivity index (χ1) is 12.5. The van der Waals surface area contributed by atoms with Crippen molar-refractivity contribution in [1.29, 1.82) is 0 Å². The molecule has 26 heavy (non-hydrogen) atoms. The molecule has 0 spiro atoms. The Morgan fingerprint density at radius 2 is 1.50 bits per heavy atom. The highest BCUT2D eigenvalue weighted by atomic mass is 16.8. The van der Waals surface area contributed by atoms with Crippen LogP contribution >= 0.6 is 0 Å². The van der Waals surface area contributed by atoms with E-state index >= 15 is 0 Å². The van der Waals surface area contributed by atoms with Gasteiger partial charge >= 0.3 is 0 Å². The summed E-state index contributed by atoms with van der Waals surface area (Å²) in [6.07, 6.45) is 4.44.